The summed E-state index contributed by atoms with van der Waals surface area (Å²) in [6.07, 6.45) is 1.80. The second kappa shape index (κ2) is 8.46. The van der Waals surface area contributed by atoms with Gasteiger partial charge in [-0.1, -0.05) is 10.3 Å². The van der Waals surface area contributed by atoms with E-state index in [9.17, 15) is 8.42 Å². The van der Waals surface area contributed by atoms with Crippen LogP contribution in [0.25, 0.3) is 0 Å². The summed E-state index contributed by atoms with van der Waals surface area (Å²) in [4.78, 5) is 4.36. The molecule has 2 aromatic rings. The molecule has 3 heterocycles. The molecule has 1 saturated heterocycles. The summed E-state index contributed by atoms with van der Waals surface area (Å²) in [5, 5.41) is 7.60. The Bertz CT molecular complexity index is 835. The summed E-state index contributed by atoms with van der Waals surface area (Å²) >= 11 is 0. The molecule has 0 aromatic carbocycles. The Balaban J connectivity index is 1.47. The van der Waals surface area contributed by atoms with E-state index >= 15 is 0 Å². The van der Waals surface area contributed by atoms with Crippen LogP contribution in [0.1, 0.15) is 36.0 Å². The molecule has 1 fully saturated rings. The van der Waals surface area contributed by atoms with E-state index in [-0.39, 0.29) is 17.6 Å². The number of rotatable bonds is 8. The van der Waals surface area contributed by atoms with Gasteiger partial charge in [-0.15, -0.1) is 0 Å². The van der Waals surface area contributed by atoms with Gasteiger partial charge in [0, 0.05) is 26.6 Å². The number of aromatic nitrogens is 3. The first-order valence-electron chi connectivity index (χ1n) is 8.77. The van der Waals surface area contributed by atoms with E-state index in [2.05, 4.69) is 15.3 Å². The molecule has 0 atom stereocenters. The monoisotopic (exact) mass is 400 g/mol. The molecule has 2 aromatic heterocycles. The minimum absolute atomic E-state index is 0.00599. The minimum Gasteiger partial charge on any atom is -0.378 e. The van der Waals surface area contributed by atoms with Crippen molar-refractivity contribution < 1.29 is 26.9 Å². The Morgan fingerprint density at radius 2 is 1.93 bits per heavy atom. The molecule has 1 aliphatic rings. The van der Waals surface area contributed by atoms with Crippen LogP contribution >= 0.6 is 0 Å². The molecule has 3 rings (SSSR count). The van der Waals surface area contributed by atoms with Crippen LogP contribution in [0.4, 0.5) is 0 Å². The maximum Gasteiger partial charge on any atom is 0.252 e. The van der Waals surface area contributed by atoms with Crippen molar-refractivity contribution in [1.29, 1.82) is 0 Å². The van der Waals surface area contributed by atoms with Crippen molar-refractivity contribution in [3.8, 4) is 0 Å². The molecule has 0 saturated carbocycles. The molecule has 0 unspecified atom stereocenters. The first-order valence-corrected chi connectivity index (χ1v) is 10.2. The van der Waals surface area contributed by atoms with Crippen molar-refractivity contribution in [3.63, 3.8) is 0 Å². The maximum absolute atomic E-state index is 12.8. The molecule has 0 bridgehead atoms. The second-order valence-corrected chi connectivity index (χ2v) is 8.29. The fourth-order valence-corrected chi connectivity index (χ4v) is 4.86. The molecule has 150 valence electrons. The van der Waals surface area contributed by atoms with Crippen LogP contribution < -0.4 is 0 Å². The highest BCUT2D eigenvalue weighted by atomic mass is 32.2. The van der Waals surface area contributed by atoms with Gasteiger partial charge in [-0.3, -0.25) is 0 Å². The summed E-state index contributed by atoms with van der Waals surface area (Å²) in [6, 6.07) is 0. The van der Waals surface area contributed by atoms with Crippen molar-refractivity contribution in [2.75, 3.05) is 26.8 Å². The fraction of sp³-hybridized carbons (Fsp3) is 0.688. The number of nitrogens with zero attached hydrogens (tertiary/aromatic N) is 4. The van der Waals surface area contributed by atoms with E-state index in [0.29, 0.717) is 62.1 Å². The van der Waals surface area contributed by atoms with E-state index in [1.54, 1.807) is 21.0 Å². The van der Waals surface area contributed by atoms with Gasteiger partial charge in [0.15, 0.2) is 11.6 Å². The first-order chi connectivity index (χ1) is 12.9. The van der Waals surface area contributed by atoms with Gasteiger partial charge in [-0.25, -0.2) is 8.42 Å². The van der Waals surface area contributed by atoms with E-state index in [1.165, 1.54) is 4.31 Å². The van der Waals surface area contributed by atoms with Crippen molar-refractivity contribution >= 4 is 10.0 Å². The number of piperidine rings is 1. The van der Waals surface area contributed by atoms with Gasteiger partial charge in [0.25, 0.3) is 5.89 Å². The zero-order valence-electron chi connectivity index (χ0n) is 15.7. The average Bonchev–Trinajstić information content (AvgIpc) is 3.22. The molecule has 10 nitrogen and oxygen atoms in total. The van der Waals surface area contributed by atoms with E-state index in [1.807, 2.05) is 0 Å². The molecule has 0 N–H and O–H groups in total. The van der Waals surface area contributed by atoms with E-state index < -0.39 is 10.0 Å². The Hall–Kier alpha value is -1.82. The quantitative estimate of drug-likeness (QED) is 0.644. The van der Waals surface area contributed by atoms with Crippen LogP contribution in [0.5, 0.6) is 0 Å². The molecule has 0 spiro atoms. The van der Waals surface area contributed by atoms with Crippen molar-refractivity contribution in [2.24, 2.45) is 0 Å². The molecular weight excluding hydrogens is 376 g/mol. The van der Waals surface area contributed by atoms with Crippen LogP contribution in [-0.4, -0.2) is 60.9 Å². The van der Waals surface area contributed by atoms with Crippen LogP contribution in [0.15, 0.2) is 13.9 Å². The van der Waals surface area contributed by atoms with Crippen LogP contribution in [0, 0.1) is 13.8 Å². The SMILES string of the molecule is COCc1nc(CCOC2CCN(S(=O)(=O)c3c(C)noc3C)CC2)no1. The largest absolute Gasteiger partial charge is 0.378 e. The number of methoxy groups -OCH3 is 1. The average molecular weight is 400 g/mol. The lowest BCUT2D eigenvalue weighted by Gasteiger charge is -2.31. The van der Waals surface area contributed by atoms with E-state index in [0.717, 1.165) is 0 Å². The topological polar surface area (TPSA) is 121 Å². The van der Waals surface area contributed by atoms with Gasteiger partial charge in [-0.2, -0.15) is 9.29 Å². The number of ether oxygens (including phenoxy) is 2. The smallest absolute Gasteiger partial charge is 0.252 e. The zero-order chi connectivity index (χ0) is 19.4. The molecular formula is C16H24N4O6S. The predicted octanol–water partition coefficient (Wildman–Crippen LogP) is 1.23. The Morgan fingerprint density at radius 3 is 2.56 bits per heavy atom. The van der Waals surface area contributed by atoms with Crippen molar-refractivity contribution in [1.82, 2.24) is 19.6 Å². The Morgan fingerprint density at radius 1 is 1.19 bits per heavy atom. The minimum atomic E-state index is -3.59. The van der Waals surface area contributed by atoms with Crippen LogP contribution in [-0.2, 0) is 32.5 Å². The number of sulfonamides is 1. The van der Waals surface area contributed by atoms with Crippen molar-refractivity contribution in [2.45, 2.75) is 50.7 Å². The molecule has 27 heavy (non-hydrogen) atoms. The van der Waals surface area contributed by atoms with Gasteiger partial charge < -0.3 is 18.5 Å². The lowest BCUT2D eigenvalue weighted by atomic mass is 10.1. The summed E-state index contributed by atoms with van der Waals surface area (Å²) < 4.78 is 47.9. The van der Waals surface area contributed by atoms with Gasteiger partial charge in [0.05, 0.1) is 12.7 Å². The number of hydrogen-bond donors (Lipinski definition) is 0. The van der Waals surface area contributed by atoms with E-state index in [4.69, 9.17) is 18.5 Å². The maximum atomic E-state index is 12.8. The number of aryl methyl sites for hydroxylation is 2. The van der Waals surface area contributed by atoms with Crippen LogP contribution in [0.3, 0.4) is 0 Å². The molecule has 0 radical (unpaired) electrons. The zero-order valence-corrected chi connectivity index (χ0v) is 16.5. The second-order valence-electron chi connectivity index (χ2n) is 6.41. The standard InChI is InChI=1S/C16H24N4O6S/c1-11-16(12(2)25-18-11)27(21,22)20-7-4-13(5-8-20)24-9-6-14-17-15(10-23-3)26-19-14/h13H,4-10H2,1-3H3. The molecule has 1 aliphatic heterocycles. The number of hydrogen-bond acceptors (Lipinski definition) is 9. The van der Waals surface area contributed by atoms with Gasteiger partial charge in [-0.05, 0) is 26.7 Å². The highest BCUT2D eigenvalue weighted by molar-refractivity contribution is 7.89. The lowest BCUT2D eigenvalue weighted by Crippen LogP contribution is -2.41. The third-order valence-corrected chi connectivity index (χ3v) is 6.57. The predicted molar refractivity (Wildman–Crippen MR) is 92.4 cm³/mol. The Kier molecular flexibility index (Phi) is 6.25. The fourth-order valence-electron chi connectivity index (χ4n) is 3.10. The first kappa shape index (κ1) is 19.9. The molecule has 11 heteroatoms. The highest BCUT2D eigenvalue weighted by Crippen LogP contribution is 2.26. The molecule has 0 aliphatic carbocycles. The van der Waals surface area contributed by atoms with Gasteiger partial charge in [0.1, 0.15) is 17.2 Å². The highest BCUT2D eigenvalue weighted by Gasteiger charge is 2.33. The normalized spacial score (nSPS) is 16.9. The van der Waals surface area contributed by atoms with Gasteiger partial charge in [0.2, 0.25) is 10.0 Å². The summed E-state index contributed by atoms with van der Waals surface area (Å²) in [5.41, 5.74) is 0.388. The summed E-state index contributed by atoms with van der Waals surface area (Å²) in [5.74, 6) is 1.32. The lowest BCUT2D eigenvalue weighted by molar-refractivity contribution is 0.0222. The summed E-state index contributed by atoms with van der Waals surface area (Å²) in [7, 11) is -2.03. The summed E-state index contributed by atoms with van der Waals surface area (Å²) in [6.45, 7) is 4.78. The van der Waals surface area contributed by atoms with Gasteiger partial charge >= 0.3 is 0 Å². The van der Waals surface area contributed by atoms with Crippen molar-refractivity contribution in [3.05, 3.63) is 23.2 Å². The third kappa shape index (κ3) is 4.54. The Labute approximate surface area is 157 Å². The third-order valence-electron chi connectivity index (χ3n) is 4.42. The molecule has 0 amide bonds. The van der Waals surface area contributed by atoms with Crippen LogP contribution in [0.2, 0.25) is 0 Å².